The molecule has 0 N–H and O–H groups in total. The van der Waals surface area contributed by atoms with E-state index in [4.69, 9.17) is 0 Å². The maximum Gasteiger partial charge on any atom is 0.256 e. The molecule has 1 saturated carbocycles. The molecule has 8 heteroatoms. The lowest BCUT2D eigenvalue weighted by atomic mass is 10.2. The third-order valence-electron chi connectivity index (χ3n) is 5.23. The van der Waals surface area contributed by atoms with Gasteiger partial charge in [0.05, 0.1) is 18.1 Å². The van der Waals surface area contributed by atoms with E-state index in [9.17, 15) is 9.59 Å². The van der Waals surface area contributed by atoms with Crippen LogP contribution in [0.4, 0.5) is 0 Å². The summed E-state index contributed by atoms with van der Waals surface area (Å²) in [4.78, 5) is 30.8. The number of amides is 1. The van der Waals surface area contributed by atoms with E-state index in [1.807, 2.05) is 10.9 Å². The second-order valence-electron chi connectivity index (χ2n) is 7.07. The molecule has 1 aliphatic heterocycles. The normalized spacial score (nSPS) is 20.2. The smallest absolute Gasteiger partial charge is 0.256 e. The summed E-state index contributed by atoms with van der Waals surface area (Å²) in [5, 5.41) is 8.48. The fraction of sp³-hybridized carbons (Fsp3) is 0.588. The third kappa shape index (κ3) is 3.08. The topological polar surface area (TPSA) is 85.9 Å². The van der Waals surface area contributed by atoms with Gasteiger partial charge in [-0.05, 0) is 33.1 Å². The fourth-order valence-corrected chi connectivity index (χ4v) is 3.25. The van der Waals surface area contributed by atoms with Crippen LogP contribution in [0.1, 0.15) is 48.2 Å². The molecule has 0 spiro atoms. The van der Waals surface area contributed by atoms with Gasteiger partial charge in [0, 0.05) is 36.5 Å². The van der Waals surface area contributed by atoms with E-state index in [0.29, 0.717) is 30.3 Å². The van der Waals surface area contributed by atoms with Crippen LogP contribution >= 0.6 is 0 Å². The minimum absolute atomic E-state index is 0.0321. The third-order valence-corrected chi connectivity index (χ3v) is 5.23. The number of carbonyl (C=O) groups excluding carboxylic acids is 1. The first kappa shape index (κ1) is 16.0. The van der Waals surface area contributed by atoms with Crippen molar-refractivity contribution < 1.29 is 4.79 Å². The van der Waals surface area contributed by atoms with Crippen LogP contribution in [0.3, 0.4) is 0 Å². The summed E-state index contributed by atoms with van der Waals surface area (Å²) in [6.07, 6.45) is 6.74. The van der Waals surface area contributed by atoms with Gasteiger partial charge in [-0.2, -0.15) is 0 Å². The average molecular weight is 342 g/mol. The van der Waals surface area contributed by atoms with Gasteiger partial charge in [0.1, 0.15) is 6.54 Å². The van der Waals surface area contributed by atoms with E-state index in [1.165, 1.54) is 23.7 Å². The molecule has 2 fully saturated rings. The maximum absolute atomic E-state index is 12.6. The summed E-state index contributed by atoms with van der Waals surface area (Å²) in [6.45, 7) is 4.85. The quantitative estimate of drug-likeness (QED) is 0.820. The zero-order chi connectivity index (χ0) is 17.6. The lowest BCUT2D eigenvalue weighted by molar-refractivity contribution is -0.130. The standard InChI is InChI=1S/C17H22N6O2/c1-11-12(2)18-10-22(17(11)25)9-16(24)21-6-5-14(7-21)23-8-15(19-20-23)13-3-4-13/h8,10,13-14H,3-7,9H2,1-2H3/t14-/m0/s1. The van der Waals surface area contributed by atoms with Crippen LogP contribution in [0, 0.1) is 13.8 Å². The van der Waals surface area contributed by atoms with E-state index >= 15 is 0 Å². The van der Waals surface area contributed by atoms with Gasteiger partial charge in [-0.3, -0.25) is 14.2 Å². The Kier molecular flexibility index (Phi) is 3.89. The van der Waals surface area contributed by atoms with Gasteiger partial charge in [0.2, 0.25) is 5.91 Å². The lowest BCUT2D eigenvalue weighted by Gasteiger charge is -2.17. The van der Waals surface area contributed by atoms with Crippen LogP contribution in [-0.2, 0) is 11.3 Å². The Morgan fingerprint density at radius 3 is 2.84 bits per heavy atom. The van der Waals surface area contributed by atoms with Crippen molar-refractivity contribution in [1.82, 2.24) is 29.4 Å². The number of rotatable bonds is 4. The van der Waals surface area contributed by atoms with Crippen molar-refractivity contribution >= 4 is 5.91 Å². The fourth-order valence-electron chi connectivity index (χ4n) is 3.25. The van der Waals surface area contributed by atoms with Crippen LogP contribution in [0.5, 0.6) is 0 Å². The molecule has 1 amide bonds. The molecular weight excluding hydrogens is 320 g/mol. The Balaban J connectivity index is 1.41. The van der Waals surface area contributed by atoms with Gasteiger partial charge in [0.15, 0.2) is 0 Å². The second kappa shape index (κ2) is 6.09. The van der Waals surface area contributed by atoms with Crippen molar-refractivity contribution in [2.75, 3.05) is 13.1 Å². The Morgan fingerprint density at radius 2 is 2.08 bits per heavy atom. The molecule has 1 aliphatic carbocycles. The van der Waals surface area contributed by atoms with E-state index in [1.54, 1.807) is 18.7 Å². The molecule has 0 radical (unpaired) electrons. The van der Waals surface area contributed by atoms with Crippen LogP contribution in [0.25, 0.3) is 0 Å². The Labute approximate surface area is 145 Å². The van der Waals surface area contributed by atoms with E-state index in [-0.39, 0.29) is 24.1 Å². The first-order chi connectivity index (χ1) is 12.0. The van der Waals surface area contributed by atoms with E-state index in [2.05, 4.69) is 15.3 Å². The van der Waals surface area contributed by atoms with Gasteiger partial charge in [-0.15, -0.1) is 5.10 Å². The van der Waals surface area contributed by atoms with Crippen LogP contribution in [-0.4, -0.2) is 48.4 Å². The summed E-state index contributed by atoms with van der Waals surface area (Å²) in [6, 6.07) is 0.165. The summed E-state index contributed by atoms with van der Waals surface area (Å²) in [7, 11) is 0. The first-order valence-corrected chi connectivity index (χ1v) is 8.75. The summed E-state index contributed by atoms with van der Waals surface area (Å²) >= 11 is 0. The van der Waals surface area contributed by atoms with Crippen LogP contribution in [0.2, 0.25) is 0 Å². The minimum Gasteiger partial charge on any atom is -0.339 e. The minimum atomic E-state index is -0.151. The highest BCUT2D eigenvalue weighted by molar-refractivity contribution is 5.76. The number of aryl methyl sites for hydroxylation is 1. The highest BCUT2D eigenvalue weighted by Gasteiger charge is 2.31. The number of hydrogen-bond donors (Lipinski definition) is 0. The molecule has 0 bridgehead atoms. The van der Waals surface area contributed by atoms with Gasteiger partial charge >= 0.3 is 0 Å². The highest BCUT2D eigenvalue weighted by atomic mass is 16.2. The monoisotopic (exact) mass is 342 g/mol. The predicted molar refractivity (Wildman–Crippen MR) is 90.2 cm³/mol. The van der Waals surface area contributed by atoms with Crippen molar-refractivity contribution in [3.63, 3.8) is 0 Å². The SMILES string of the molecule is Cc1ncn(CC(=O)N2CC[C@H](n3cc(C4CC4)nn3)C2)c(=O)c1C. The van der Waals surface area contributed by atoms with Gasteiger partial charge < -0.3 is 4.90 Å². The Morgan fingerprint density at radius 1 is 1.28 bits per heavy atom. The van der Waals surface area contributed by atoms with E-state index in [0.717, 1.165) is 12.1 Å². The average Bonchev–Trinajstić information content (AvgIpc) is 3.12. The summed E-state index contributed by atoms with van der Waals surface area (Å²) in [5.41, 5.74) is 2.21. The molecule has 3 heterocycles. The van der Waals surface area contributed by atoms with Crippen molar-refractivity contribution in [2.24, 2.45) is 0 Å². The zero-order valence-electron chi connectivity index (χ0n) is 14.6. The van der Waals surface area contributed by atoms with Crippen molar-refractivity contribution in [1.29, 1.82) is 0 Å². The maximum atomic E-state index is 12.6. The van der Waals surface area contributed by atoms with Crippen molar-refractivity contribution in [2.45, 2.75) is 51.6 Å². The molecular formula is C17H22N6O2. The summed E-state index contributed by atoms with van der Waals surface area (Å²) < 4.78 is 3.28. The van der Waals surface area contributed by atoms with Crippen LogP contribution in [0.15, 0.2) is 17.3 Å². The van der Waals surface area contributed by atoms with Crippen molar-refractivity contribution in [3.05, 3.63) is 39.8 Å². The highest BCUT2D eigenvalue weighted by Crippen LogP contribution is 2.39. The Bertz CT molecular complexity index is 866. The number of likely N-dealkylation sites (tertiary alicyclic amines) is 1. The summed E-state index contributed by atoms with van der Waals surface area (Å²) in [5.74, 6) is 0.522. The lowest BCUT2D eigenvalue weighted by Crippen LogP contribution is -2.36. The predicted octanol–water partition coefficient (Wildman–Crippen LogP) is 0.803. The molecule has 8 nitrogen and oxygen atoms in total. The largest absolute Gasteiger partial charge is 0.339 e. The molecule has 0 unspecified atom stereocenters. The van der Waals surface area contributed by atoms with Crippen molar-refractivity contribution in [3.8, 4) is 0 Å². The number of hydrogen-bond acceptors (Lipinski definition) is 5. The molecule has 2 aromatic rings. The van der Waals surface area contributed by atoms with Gasteiger partial charge in [-0.1, -0.05) is 5.21 Å². The molecule has 2 aliphatic rings. The molecule has 25 heavy (non-hydrogen) atoms. The number of aromatic nitrogens is 5. The number of carbonyl (C=O) groups is 1. The molecule has 1 saturated heterocycles. The molecule has 2 aromatic heterocycles. The van der Waals surface area contributed by atoms with Gasteiger partial charge in [-0.25, -0.2) is 9.67 Å². The molecule has 4 rings (SSSR count). The Hall–Kier alpha value is -2.51. The zero-order valence-corrected chi connectivity index (χ0v) is 14.6. The second-order valence-corrected chi connectivity index (χ2v) is 7.07. The molecule has 132 valence electrons. The molecule has 0 aromatic carbocycles. The van der Waals surface area contributed by atoms with Gasteiger partial charge in [0.25, 0.3) is 5.56 Å². The molecule has 1 atom stereocenters. The van der Waals surface area contributed by atoms with Crippen LogP contribution < -0.4 is 5.56 Å². The first-order valence-electron chi connectivity index (χ1n) is 8.75. The van der Waals surface area contributed by atoms with E-state index < -0.39 is 0 Å². The number of nitrogens with zero attached hydrogens (tertiary/aromatic N) is 6.